The second kappa shape index (κ2) is 7.85. The predicted octanol–water partition coefficient (Wildman–Crippen LogP) is 1.53. The number of carbonyl (C=O) groups is 1. The van der Waals surface area contributed by atoms with Gasteiger partial charge in [-0.1, -0.05) is 19.3 Å². The van der Waals surface area contributed by atoms with E-state index in [1.54, 1.807) is 0 Å². The molecule has 2 fully saturated rings. The molecular formula is C15H28N2O2. The molecule has 2 aliphatic rings. The highest BCUT2D eigenvalue weighted by atomic mass is 16.3. The number of likely N-dealkylation sites (tertiary alicyclic amines) is 1. The Morgan fingerprint density at radius 2 is 1.79 bits per heavy atom. The van der Waals surface area contributed by atoms with E-state index in [2.05, 4.69) is 10.2 Å². The smallest absolute Gasteiger partial charge is 0.223 e. The number of carbonyl (C=O) groups excluding carboxylic acids is 1. The molecule has 0 radical (unpaired) electrons. The fourth-order valence-electron chi connectivity index (χ4n) is 3.28. The van der Waals surface area contributed by atoms with E-state index in [0.29, 0.717) is 11.9 Å². The van der Waals surface area contributed by atoms with E-state index >= 15 is 0 Å². The van der Waals surface area contributed by atoms with Crippen LogP contribution in [0.4, 0.5) is 0 Å². The van der Waals surface area contributed by atoms with Crippen molar-refractivity contribution < 1.29 is 9.90 Å². The van der Waals surface area contributed by atoms with E-state index in [4.69, 9.17) is 5.11 Å². The van der Waals surface area contributed by atoms with Gasteiger partial charge >= 0.3 is 0 Å². The van der Waals surface area contributed by atoms with Gasteiger partial charge < -0.3 is 15.3 Å². The summed E-state index contributed by atoms with van der Waals surface area (Å²) < 4.78 is 0. The third-order valence-corrected chi connectivity index (χ3v) is 4.54. The van der Waals surface area contributed by atoms with Crippen molar-refractivity contribution in [3.8, 4) is 0 Å². The van der Waals surface area contributed by atoms with Crippen LogP contribution < -0.4 is 5.32 Å². The quantitative estimate of drug-likeness (QED) is 0.795. The van der Waals surface area contributed by atoms with Crippen molar-refractivity contribution in [3.63, 3.8) is 0 Å². The minimum absolute atomic E-state index is 0.276. The van der Waals surface area contributed by atoms with E-state index < -0.39 is 0 Å². The van der Waals surface area contributed by atoms with Crippen LogP contribution in [0.5, 0.6) is 0 Å². The minimum Gasteiger partial charge on any atom is -0.396 e. The van der Waals surface area contributed by atoms with Gasteiger partial charge in [-0.15, -0.1) is 0 Å². The molecule has 0 aromatic carbocycles. The van der Waals surface area contributed by atoms with Crippen LogP contribution in [0, 0.1) is 5.92 Å². The molecule has 110 valence electrons. The number of nitrogens with zero attached hydrogens (tertiary/aromatic N) is 1. The van der Waals surface area contributed by atoms with Crippen molar-refractivity contribution in [2.45, 2.75) is 57.4 Å². The summed E-state index contributed by atoms with van der Waals surface area (Å²) in [5.41, 5.74) is 0. The highest BCUT2D eigenvalue weighted by molar-refractivity contribution is 5.79. The van der Waals surface area contributed by atoms with Gasteiger partial charge in [0.2, 0.25) is 5.91 Å². The van der Waals surface area contributed by atoms with Gasteiger partial charge in [-0.25, -0.2) is 0 Å². The third-order valence-electron chi connectivity index (χ3n) is 4.54. The molecule has 0 bridgehead atoms. The maximum atomic E-state index is 12.2. The lowest BCUT2D eigenvalue weighted by atomic mass is 9.88. The average molecular weight is 268 g/mol. The monoisotopic (exact) mass is 268 g/mol. The largest absolute Gasteiger partial charge is 0.396 e. The van der Waals surface area contributed by atoms with Crippen molar-refractivity contribution >= 4 is 5.91 Å². The highest BCUT2D eigenvalue weighted by Crippen LogP contribution is 2.24. The zero-order valence-electron chi connectivity index (χ0n) is 11.9. The molecule has 1 amide bonds. The predicted molar refractivity (Wildman–Crippen MR) is 75.9 cm³/mol. The molecule has 0 atom stereocenters. The van der Waals surface area contributed by atoms with Crippen molar-refractivity contribution in [1.29, 1.82) is 0 Å². The van der Waals surface area contributed by atoms with E-state index in [0.717, 1.165) is 51.7 Å². The van der Waals surface area contributed by atoms with E-state index in [1.807, 2.05) is 0 Å². The first-order chi connectivity index (χ1) is 9.29. The Morgan fingerprint density at radius 1 is 1.11 bits per heavy atom. The molecular weight excluding hydrogens is 240 g/mol. The summed E-state index contributed by atoms with van der Waals surface area (Å²) in [5, 5.41) is 12.1. The van der Waals surface area contributed by atoms with Crippen LogP contribution in [0.25, 0.3) is 0 Å². The van der Waals surface area contributed by atoms with Crippen LogP contribution in [0.3, 0.4) is 0 Å². The van der Waals surface area contributed by atoms with Crippen molar-refractivity contribution in [1.82, 2.24) is 10.2 Å². The number of nitrogens with one attached hydrogen (secondary N) is 1. The summed E-state index contributed by atoms with van der Waals surface area (Å²) in [6.07, 6.45) is 8.89. The van der Waals surface area contributed by atoms with Crippen molar-refractivity contribution in [3.05, 3.63) is 0 Å². The first-order valence-corrected chi connectivity index (χ1v) is 7.93. The first-order valence-electron chi connectivity index (χ1n) is 7.93. The number of rotatable bonds is 5. The Labute approximate surface area is 116 Å². The highest BCUT2D eigenvalue weighted by Gasteiger charge is 2.25. The molecule has 4 nitrogen and oxygen atoms in total. The summed E-state index contributed by atoms with van der Waals surface area (Å²) in [6, 6.07) is 0.375. The molecule has 1 saturated heterocycles. The van der Waals surface area contributed by atoms with Gasteiger partial charge in [0.15, 0.2) is 0 Å². The number of aliphatic hydroxyl groups is 1. The molecule has 4 heteroatoms. The summed E-state index contributed by atoms with van der Waals surface area (Å²) in [6.45, 7) is 3.36. The molecule has 1 heterocycles. The van der Waals surface area contributed by atoms with Crippen LogP contribution in [-0.2, 0) is 4.79 Å². The van der Waals surface area contributed by atoms with E-state index in [-0.39, 0.29) is 12.5 Å². The lowest BCUT2D eigenvalue weighted by Crippen LogP contribution is -2.46. The molecule has 19 heavy (non-hydrogen) atoms. The van der Waals surface area contributed by atoms with E-state index in [9.17, 15) is 4.79 Å². The second-order valence-electron chi connectivity index (χ2n) is 6.04. The number of hydrogen-bond acceptors (Lipinski definition) is 3. The maximum Gasteiger partial charge on any atom is 0.223 e. The Balaban J connectivity index is 1.65. The van der Waals surface area contributed by atoms with Crippen LogP contribution in [0.1, 0.15) is 51.4 Å². The minimum atomic E-state index is 0.276. The summed E-state index contributed by atoms with van der Waals surface area (Å²) in [5.74, 6) is 0.578. The maximum absolute atomic E-state index is 12.2. The average Bonchev–Trinajstić information content (AvgIpc) is 2.47. The van der Waals surface area contributed by atoms with Gasteiger partial charge in [-0.3, -0.25) is 4.79 Å². The molecule has 1 saturated carbocycles. The lowest BCUT2D eigenvalue weighted by molar-refractivity contribution is -0.127. The summed E-state index contributed by atoms with van der Waals surface area (Å²) in [7, 11) is 0. The number of amides is 1. The van der Waals surface area contributed by atoms with Gasteiger partial charge in [-0.2, -0.15) is 0 Å². The second-order valence-corrected chi connectivity index (χ2v) is 6.04. The van der Waals surface area contributed by atoms with Gasteiger partial charge in [0.05, 0.1) is 0 Å². The van der Waals surface area contributed by atoms with Crippen molar-refractivity contribution in [2.24, 2.45) is 5.92 Å². The summed E-state index contributed by atoms with van der Waals surface area (Å²) in [4.78, 5) is 14.6. The topological polar surface area (TPSA) is 52.6 Å². The molecule has 0 unspecified atom stereocenters. The Bertz CT molecular complexity index is 269. The SMILES string of the molecule is O=C(NC1CCN(CCCO)CC1)C1CCCCC1. The van der Waals surface area contributed by atoms with Crippen LogP contribution >= 0.6 is 0 Å². The normalized spacial score (nSPS) is 23.4. The molecule has 1 aliphatic heterocycles. The Hall–Kier alpha value is -0.610. The number of piperidine rings is 1. The molecule has 0 spiro atoms. The van der Waals surface area contributed by atoms with E-state index in [1.165, 1.54) is 19.3 Å². The third kappa shape index (κ3) is 4.77. The standard InChI is InChI=1S/C15H28N2O2/c18-12-4-9-17-10-7-14(8-11-17)16-15(19)13-5-2-1-3-6-13/h13-14,18H,1-12H2,(H,16,19). The van der Waals surface area contributed by atoms with Gasteiger partial charge in [0.1, 0.15) is 0 Å². The fourth-order valence-corrected chi connectivity index (χ4v) is 3.28. The first kappa shape index (κ1) is 14.8. The number of aliphatic hydroxyl groups excluding tert-OH is 1. The lowest BCUT2D eigenvalue weighted by Gasteiger charge is -2.33. The van der Waals surface area contributed by atoms with Crippen LogP contribution in [0.15, 0.2) is 0 Å². The molecule has 2 rings (SSSR count). The van der Waals surface area contributed by atoms with Crippen LogP contribution in [0.2, 0.25) is 0 Å². The van der Waals surface area contributed by atoms with Gasteiger partial charge in [-0.05, 0) is 32.1 Å². The molecule has 1 aliphatic carbocycles. The Kier molecular flexibility index (Phi) is 6.11. The van der Waals surface area contributed by atoms with Crippen LogP contribution in [-0.4, -0.2) is 48.2 Å². The molecule has 0 aromatic rings. The molecule has 2 N–H and O–H groups in total. The van der Waals surface area contributed by atoms with Gasteiger partial charge in [0, 0.05) is 38.2 Å². The zero-order valence-corrected chi connectivity index (χ0v) is 11.9. The van der Waals surface area contributed by atoms with Crippen molar-refractivity contribution in [2.75, 3.05) is 26.2 Å². The van der Waals surface area contributed by atoms with Gasteiger partial charge in [0.25, 0.3) is 0 Å². The molecule has 0 aromatic heterocycles. The zero-order chi connectivity index (χ0) is 13.5. The Morgan fingerprint density at radius 3 is 2.42 bits per heavy atom. The summed E-state index contributed by atoms with van der Waals surface area (Å²) >= 11 is 0. The number of hydrogen-bond donors (Lipinski definition) is 2. The fraction of sp³-hybridized carbons (Fsp3) is 0.933.